The molecule has 2 heteroatoms. The molecule has 0 aliphatic heterocycles. The summed E-state index contributed by atoms with van der Waals surface area (Å²) in [4.78, 5) is 10.2. The predicted molar refractivity (Wildman–Crippen MR) is 47.7 cm³/mol. The molecule has 68 valence electrons. The van der Waals surface area contributed by atoms with Crippen LogP contribution in [0.5, 0.6) is 0 Å². The van der Waals surface area contributed by atoms with E-state index in [1.54, 1.807) is 6.92 Å². The summed E-state index contributed by atoms with van der Waals surface area (Å²) in [7, 11) is 0. The molecule has 0 bridgehead atoms. The Morgan fingerprint density at radius 2 is 1.91 bits per heavy atom. The molecular formula is C9H20O2. The lowest BCUT2D eigenvalue weighted by atomic mass is 10.1. The van der Waals surface area contributed by atoms with Gasteiger partial charge in [-0.3, -0.25) is 4.79 Å². The average molecular weight is 160 g/mol. The van der Waals surface area contributed by atoms with E-state index in [1.165, 1.54) is 0 Å². The molecule has 0 aliphatic carbocycles. The Balaban J connectivity index is 0. The molecule has 0 saturated heterocycles. The first-order valence-corrected chi connectivity index (χ1v) is 4.41. The first-order chi connectivity index (χ1) is 5.18. The minimum absolute atomic E-state index is 0.162. The van der Waals surface area contributed by atoms with Crippen LogP contribution in [0.4, 0.5) is 0 Å². The van der Waals surface area contributed by atoms with Crippen LogP contribution in [-0.4, -0.2) is 11.1 Å². The van der Waals surface area contributed by atoms with Crippen LogP contribution in [0.25, 0.3) is 0 Å². The van der Waals surface area contributed by atoms with Crippen molar-refractivity contribution in [3.8, 4) is 0 Å². The number of carboxylic acids is 1. The van der Waals surface area contributed by atoms with Crippen molar-refractivity contribution in [3.05, 3.63) is 0 Å². The topological polar surface area (TPSA) is 37.3 Å². The number of carbonyl (C=O) groups is 1. The normalized spacial score (nSPS) is 11.3. The van der Waals surface area contributed by atoms with Crippen LogP contribution in [0.1, 0.15) is 47.0 Å². The number of carboxylic acid groups (broad SMARTS) is 1. The number of hydrogen-bond donors (Lipinski definition) is 1. The second-order valence-corrected chi connectivity index (χ2v) is 2.38. The number of rotatable bonds is 4. The van der Waals surface area contributed by atoms with E-state index >= 15 is 0 Å². The maximum Gasteiger partial charge on any atom is 0.306 e. The summed E-state index contributed by atoms with van der Waals surface area (Å²) in [5.74, 6) is -0.839. The first-order valence-electron chi connectivity index (χ1n) is 4.41. The highest BCUT2D eigenvalue weighted by atomic mass is 16.4. The van der Waals surface area contributed by atoms with E-state index in [-0.39, 0.29) is 5.92 Å². The summed E-state index contributed by atoms with van der Waals surface area (Å²) in [5.41, 5.74) is 0. The first kappa shape index (κ1) is 13.1. The third-order valence-corrected chi connectivity index (χ3v) is 1.41. The fraction of sp³-hybridized carbons (Fsp3) is 0.889. The van der Waals surface area contributed by atoms with Crippen molar-refractivity contribution < 1.29 is 9.90 Å². The fourth-order valence-corrected chi connectivity index (χ4v) is 0.634. The largest absolute Gasteiger partial charge is 0.481 e. The maximum absolute atomic E-state index is 10.2. The second kappa shape index (κ2) is 9.47. The highest BCUT2D eigenvalue weighted by Crippen LogP contribution is 2.06. The summed E-state index contributed by atoms with van der Waals surface area (Å²) in [6.07, 6.45) is 2.91. The van der Waals surface area contributed by atoms with Crippen LogP contribution in [0.2, 0.25) is 0 Å². The molecule has 2 nitrogen and oxygen atoms in total. The second-order valence-electron chi connectivity index (χ2n) is 2.38. The predicted octanol–water partition coefficient (Wildman–Crippen LogP) is 2.92. The minimum Gasteiger partial charge on any atom is -0.481 e. The van der Waals surface area contributed by atoms with E-state index < -0.39 is 5.97 Å². The third kappa shape index (κ3) is 9.47. The Morgan fingerprint density at radius 3 is 2.18 bits per heavy atom. The van der Waals surface area contributed by atoms with Gasteiger partial charge in [0.05, 0.1) is 5.92 Å². The zero-order chi connectivity index (χ0) is 9.28. The molecule has 0 aromatic rings. The van der Waals surface area contributed by atoms with Crippen LogP contribution in [0.3, 0.4) is 0 Å². The summed E-state index contributed by atoms with van der Waals surface area (Å²) in [6, 6.07) is 0. The fourth-order valence-electron chi connectivity index (χ4n) is 0.634. The van der Waals surface area contributed by atoms with E-state index in [1.807, 2.05) is 13.8 Å². The van der Waals surface area contributed by atoms with Gasteiger partial charge >= 0.3 is 5.97 Å². The Bertz CT molecular complexity index is 89.6. The number of unbranched alkanes of at least 4 members (excludes halogenated alkanes) is 1. The van der Waals surface area contributed by atoms with Crippen LogP contribution < -0.4 is 0 Å². The van der Waals surface area contributed by atoms with E-state index in [9.17, 15) is 4.79 Å². The standard InChI is InChI=1S/C7H14O2.C2H6/c1-3-4-5-6(2)7(8)9;1-2/h6H,3-5H2,1-2H3,(H,8,9);1-2H3. The SMILES string of the molecule is CC.CCCCC(C)C(=O)O. The van der Waals surface area contributed by atoms with E-state index in [0.717, 1.165) is 19.3 Å². The summed E-state index contributed by atoms with van der Waals surface area (Å²) in [5, 5.41) is 8.41. The molecule has 0 aliphatic rings. The number of hydrogen-bond acceptors (Lipinski definition) is 1. The highest BCUT2D eigenvalue weighted by molar-refractivity contribution is 5.69. The lowest BCUT2D eigenvalue weighted by Gasteiger charge is -2.02. The average Bonchev–Trinajstić information content (AvgIpc) is 2.03. The molecule has 1 N–H and O–H groups in total. The van der Waals surface area contributed by atoms with E-state index in [0.29, 0.717) is 0 Å². The number of aliphatic carboxylic acids is 1. The molecule has 0 fully saturated rings. The van der Waals surface area contributed by atoms with Gasteiger partial charge in [-0.2, -0.15) is 0 Å². The Labute approximate surface area is 69.6 Å². The van der Waals surface area contributed by atoms with Gasteiger partial charge in [-0.15, -0.1) is 0 Å². The van der Waals surface area contributed by atoms with Gasteiger partial charge in [-0.05, 0) is 6.42 Å². The Hall–Kier alpha value is -0.530. The smallest absolute Gasteiger partial charge is 0.306 e. The van der Waals surface area contributed by atoms with Gasteiger partial charge in [0.15, 0.2) is 0 Å². The molecule has 0 heterocycles. The molecule has 0 radical (unpaired) electrons. The van der Waals surface area contributed by atoms with Crippen LogP contribution in [-0.2, 0) is 4.79 Å². The van der Waals surface area contributed by atoms with Gasteiger partial charge in [-0.1, -0.05) is 40.5 Å². The molecular weight excluding hydrogens is 140 g/mol. The molecule has 0 aromatic heterocycles. The molecule has 0 spiro atoms. The van der Waals surface area contributed by atoms with Crippen LogP contribution >= 0.6 is 0 Å². The van der Waals surface area contributed by atoms with Crippen molar-refractivity contribution in [1.29, 1.82) is 0 Å². The summed E-state index contributed by atoms with van der Waals surface area (Å²) < 4.78 is 0. The van der Waals surface area contributed by atoms with Gasteiger partial charge < -0.3 is 5.11 Å². The van der Waals surface area contributed by atoms with E-state index in [4.69, 9.17) is 5.11 Å². The molecule has 0 saturated carbocycles. The zero-order valence-corrected chi connectivity index (χ0v) is 8.05. The van der Waals surface area contributed by atoms with Crippen molar-refractivity contribution in [2.24, 2.45) is 5.92 Å². The monoisotopic (exact) mass is 160 g/mol. The third-order valence-electron chi connectivity index (χ3n) is 1.41. The van der Waals surface area contributed by atoms with Gasteiger partial charge in [0.1, 0.15) is 0 Å². The lowest BCUT2D eigenvalue weighted by molar-refractivity contribution is -0.141. The highest BCUT2D eigenvalue weighted by Gasteiger charge is 2.08. The Morgan fingerprint density at radius 1 is 1.45 bits per heavy atom. The van der Waals surface area contributed by atoms with Gasteiger partial charge in [-0.25, -0.2) is 0 Å². The molecule has 0 rings (SSSR count). The van der Waals surface area contributed by atoms with Crippen molar-refractivity contribution >= 4 is 5.97 Å². The molecule has 11 heavy (non-hydrogen) atoms. The van der Waals surface area contributed by atoms with Gasteiger partial charge in [0.2, 0.25) is 0 Å². The van der Waals surface area contributed by atoms with Crippen molar-refractivity contribution in [2.75, 3.05) is 0 Å². The van der Waals surface area contributed by atoms with E-state index in [2.05, 4.69) is 6.92 Å². The lowest BCUT2D eigenvalue weighted by Crippen LogP contribution is -2.08. The molecule has 1 unspecified atom stereocenters. The maximum atomic E-state index is 10.2. The molecule has 0 amide bonds. The summed E-state index contributed by atoms with van der Waals surface area (Å²) >= 11 is 0. The van der Waals surface area contributed by atoms with Crippen molar-refractivity contribution in [2.45, 2.75) is 47.0 Å². The molecule has 1 atom stereocenters. The molecule has 0 aromatic carbocycles. The van der Waals surface area contributed by atoms with Crippen molar-refractivity contribution in [1.82, 2.24) is 0 Å². The summed E-state index contributed by atoms with van der Waals surface area (Å²) in [6.45, 7) is 7.81. The minimum atomic E-state index is -0.677. The van der Waals surface area contributed by atoms with Crippen molar-refractivity contribution in [3.63, 3.8) is 0 Å². The quantitative estimate of drug-likeness (QED) is 0.686. The zero-order valence-electron chi connectivity index (χ0n) is 8.05. The Kier molecular flexibility index (Phi) is 11.3. The van der Waals surface area contributed by atoms with Gasteiger partial charge in [0.25, 0.3) is 0 Å². The van der Waals surface area contributed by atoms with Crippen LogP contribution in [0.15, 0.2) is 0 Å². The van der Waals surface area contributed by atoms with Gasteiger partial charge in [0, 0.05) is 0 Å². The van der Waals surface area contributed by atoms with Crippen LogP contribution in [0, 0.1) is 5.92 Å².